The summed E-state index contributed by atoms with van der Waals surface area (Å²) in [5.74, 6) is -0.472. The van der Waals surface area contributed by atoms with Crippen LogP contribution in [0.15, 0.2) is 16.9 Å². The second-order valence-corrected chi connectivity index (χ2v) is 6.48. The average molecular weight is 411 g/mol. The molecule has 2 N–H and O–H groups in total. The zero-order chi connectivity index (χ0) is 18.4. The Morgan fingerprint density at radius 1 is 1.20 bits per heavy atom. The predicted molar refractivity (Wildman–Crippen MR) is 98.4 cm³/mol. The van der Waals surface area contributed by atoms with Crippen molar-refractivity contribution in [3.8, 4) is 0 Å². The van der Waals surface area contributed by atoms with Crippen LogP contribution in [0.3, 0.4) is 0 Å². The van der Waals surface area contributed by atoms with Gasteiger partial charge in [0.1, 0.15) is 0 Å². The van der Waals surface area contributed by atoms with Gasteiger partial charge in [-0.15, -0.1) is 0 Å². The van der Waals surface area contributed by atoms with Crippen LogP contribution in [0.4, 0.5) is 5.69 Å². The molecule has 2 aromatic rings. The first-order valence-corrected chi connectivity index (χ1v) is 9.08. The first kappa shape index (κ1) is 19.2. The molecule has 0 aliphatic heterocycles. The lowest BCUT2D eigenvalue weighted by Crippen LogP contribution is -2.26. The highest BCUT2D eigenvalue weighted by atomic mass is 79.9. The van der Waals surface area contributed by atoms with Gasteiger partial charge in [0, 0.05) is 38.4 Å². The number of hydrogen-bond acceptors (Lipinski definition) is 4. The van der Waals surface area contributed by atoms with Crippen molar-refractivity contribution in [1.82, 2.24) is 24.9 Å². The second-order valence-electron chi connectivity index (χ2n) is 5.63. The normalized spacial score (nSPS) is 10.7. The minimum absolute atomic E-state index is 0.190. The summed E-state index contributed by atoms with van der Waals surface area (Å²) in [6.07, 6.45) is 4.59. The summed E-state index contributed by atoms with van der Waals surface area (Å²) >= 11 is 3.39. The number of anilines is 1. The van der Waals surface area contributed by atoms with Crippen molar-refractivity contribution in [2.45, 2.75) is 46.7 Å². The largest absolute Gasteiger partial charge is 0.351 e. The van der Waals surface area contributed by atoms with Gasteiger partial charge in [0.2, 0.25) is 5.91 Å². The maximum atomic E-state index is 12.2. The van der Waals surface area contributed by atoms with Crippen molar-refractivity contribution in [3.05, 3.63) is 28.3 Å². The molecule has 25 heavy (non-hydrogen) atoms. The van der Waals surface area contributed by atoms with Crippen molar-refractivity contribution < 1.29 is 9.59 Å². The van der Waals surface area contributed by atoms with Crippen molar-refractivity contribution >= 4 is 33.4 Å². The molecule has 0 aliphatic rings. The Labute approximate surface area is 155 Å². The number of carbonyl (C=O) groups excluding carboxylic acids is 2. The Morgan fingerprint density at radius 3 is 2.56 bits per heavy atom. The molecule has 2 aromatic heterocycles. The molecule has 2 heterocycles. The molecule has 0 spiro atoms. The molecule has 2 rings (SSSR count). The molecular formula is C16H23BrN6O2. The van der Waals surface area contributed by atoms with E-state index in [2.05, 4.69) is 36.8 Å². The van der Waals surface area contributed by atoms with Crippen LogP contribution in [0.5, 0.6) is 0 Å². The highest BCUT2D eigenvalue weighted by Crippen LogP contribution is 2.16. The number of aromatic nitrogens is 4. The lowest BCUT2D eigenvalue weighted by atomic mass is 10.3. The SMILES string of the molecule is CCCNC(=O)c1nn(CC)cc1NC(=O)CCn1cc(Br)c(C)n1. The number of carbonyl (C=O) groups is 2. The Kier molecular flexibility index (Phi) is 6.74. The van der Waals surface area contributed by atoms with Crippen LogP contribution in [0.1, 0.15) is 42.9 Å². The zero-order valence-electron chi connectivity index (χ0n) is 14.7. The van der Waals surface area contributed by atoms with Crippen LogP contribution in [0, 0.1) is 6.92 Å². The van der Waals surface area contributed by atoms with Crippen molar-refractivity contribution in [2.24, 2.45) is 0 Å². The van der Waals surface area contributed by atoms with Crippen LogP contribution in [0.2, 0.25) is 0 Å². The molecule has 0 fully saturated rings. The number of rotatable bonds is 8. The quantitative estimate of drug-likeness (QED) is 0.697. The summed E-state index contributed by atoms with van der Waals surface area (Å²) < 4.78 is 4.25. The van der Waals surface area contributed by atoms with E-state index in [0.29, 0.717) is 25.3 Å². The fraction of sp³-hybridized carbons (Fsp3) is 0.500. The van der Waals surface area contributed by atoms with E-state index in [1.54, 1.807) is 15.6 Å². The van der Waals surface area contributed by atoms with Gasteiger partial charge in [-0.2, -0.15) is 10.2 Å². The molecule has 0 aromatic carbocycles. The fourth-order valence-corrected chi connectivity index (χ4v) is 2.52. The number of nitrogens with one attached hydrogen (secondary N) is 2. The maximum Gasteiger partial charge on any atom is 0.273 e. The number of aryl methyl sites for hydroxylation is 3. The molecule has 8 nitrogen and oxygen atoms in total. The molecular weight excluding hydrogens is 388 g/mol. The monoisotopic (exact) mass is 410 g/mol. The Morgan fingerprint density at radius 2 is 1.96 bits per heavy atom. The van der Waals surface area contributed by atoms with E-state index in [4.69, 9.17) is 0 Å². The number of nitrogens with zero attached hydrogens (tertiary/aromatic N) is 4. The van der Waals surface area contributed by atoms with Gasteiger partial charge in [-0.1, -0.05) is 6.92 Å². The summed E-state index contributed by atoms with van der Waals surface area (Å²) in [7, 11) is 0. The average Bonchev–Trinajstić information content (AvgIpc) is 3.14. The molecule has 0 radical (unpaired) electrons. The molecule has 2 amide bonds. The van der Waals surface area contributed by atoms with Gasteiger partial charge in [0.15, 0.2) is 5.69 Å². The van der Waals surface area contributed by atoms with Crippen molar-refractivity contribution in [2.75, 3.05) is 11.9 Å². The third kappa shape index (κ3) is 5.15. The Balaban J connectivity index is 2.01. The lowest BCUT2D eigenvalue weighted by Gasteiger charge is -2.06. The third-order valence-electron chi connectivity index (χ3n) is 3.56. The summed E-state index contributed by atoms with van der Waals surface area (Å²) in [6, 6.07) is 0. The number of hydrogen-bond donors (Lipinski definition) is 2. The zero-order valence-corrected chi connectivity index (χ0v) is 16.3. The molecule has 0 aliphatic carbocycles. The van der Waals surface area contributed by atoms with Gasteiger partial charge in [-0.05, 0) is 36.2 Å². The molecule has 0 saturated heterocycles. The van der Waals surface area contributed by atoms with Gasteiger partial charge in [-0.25, -0.2) is 0 Å². The van der Waals surface area contributed by atoms with Gasteiger partial charge in [-0.3, -0.25) is 19.0 Å². The fourth-order valence-electron chi connectivity index (χ4n) is 2.20. The lowest BCUT2D eigenvalue weighted by molar-refractivity contribution is -0.116. The minimum Gasteiger partial charge on any atom is -0.351 e. The topological polar surface area (TPSA) is 93.8 Å². The van der Waals surface area contributed by atoms with Gasteiger partial charge in [0.05, 0.1) is 15.9 Å². The molecule has 0 bridgehead atoms. The van der Waals surface area contributed by atoms with E-state index in [9.17, 15) is 9.59 Å². The van der Waals surface area contributed by atoms with Crippen LogP contribution < -0.4 is 10.6 Å². The van der Waals surface area contributed by atoms with Crippen LogP contribution in [0.25, 0.3) is 0 Å². The second kappa shape index (κ2) is 8.80. The molecule has 9 heteroatoms. The van der Waals surface area contributed by atoms with Crippen LogP contribution in [-0.4, -0.2) is 37.9 Å². The standard InChI is InChI=1S/C16H23BrN6O2/c1-4-7-18-16(25)15-13(10-22(5-2)21-15)19-14(24)6-8-23-9-12(17)11(3)20-23/h9-10H,4-8H2,1-3H3,(H,18,25)(H,19,24). The number of amides is 2. The first-order chi connectivity index (χ1) is 11.9. The van der Waals surface area contributed by atoms with Gasteiger partial charge >= 0.3 is 0 Å². The van der Waals surface area contributed by atoms with E-state index < -0.39 is 0 Å². The Hall–Kier alpha value is -2.16. The van der Waals surface area contributed by atoms with Crippen LogP contribution in [-0.2, 0) is 17.9 Å². The summed E-state index contributed by atoms with van der Waals surface area (Å²) in [6.45, 7) is 7.43. The third-order valence-corrected chi connectivity index (χ3v) is 4.34. The van der Waals surface area contributed by atoms with Crippen LogP contribution >= 0.6 is 15.9 Å². The number of halogens is 1. The van der Waals surface area contributed by atoms with E-state index in [0.717, 1.165) is 16.6 Å². The summed E-state index contributed by atoms with van der Waals surface area (Å²) in [5, 5.41) is 14.1. The van der Waals surface area contributed by atoms with E-state index in [1.165, 1.54) is 0 Å². The molecule has 136 valence electrons. The highest BCUT2D eigenvalue weighted by Gasteiger charge is 2.18. The first-order valence-electron chi connectivity index (χ1n) is 8.29. The van der Waals surface area contributed by atoms with Crippen molar-refractivity contribution in [1.29, 1.82) is 0 Å². The van der Waals surface area contributed by atoms with E-state index in [1.807, 2.05) is 27.0 Å². The van der Waals surface area contributed by atoms with Gasteiger partial charge in [0.25, 0.3) is 5.91 Å². The molecule has 0 saturated carbocycles. The highest BCUT2D eigenvalue weighted by molar-refractivity contribution is 9.10. The predicted octanol–water partition coefficient (Wildman–Crippen LogP) is 2.34. The van der Waals surface area contributed by atoms with Gasteiger partial charge < -0.3 is 10.6 Å². The molecule has 0 atom stereocenters. The van der Waals surface area contributed by atoms with E-state index in [-0.39, 0.29) is 23.9 Å². The Bertz CT molecular complexity index is 732. The summed E-state index contributed by atoms with van der Waals surface area (Å²) in [5.41, 5.74) is 1.54. The van der Waals surface area contributed by atoms with E-state index >= 15 is 0 Å². The minimum atomic E-state index is -0.281. The molecule has 0 unspecified atom stereocenters. The summed E-state index contributed by atoms with van der Waals surface area (Å²) in [4.78, 5) is 24.4. The smallest absolute Gasteiger partial charge is 0.273 e. The maximum absolute atomic E-state index is 12.2. The van der Waals surface area contributed by atoms with Crippen molar-refractivity contribution in [3.63, 3.8) is 0 Å².